The number of fused-ring (bicyclic) bond motifs is 3. The van der Waals surface area contributed by atoms with Gasteiger partial charge >= 0.3 is 0 Å². The molecule has 2 heterocycles. The maximum atomic E-state index is 14.5. The lowest BCUT2D eigenvalue weighted by Crippen LogP contribution is -2.16. The van der Waals surface area contributed by atoms with Crippen molar-refractivity contribution in [2.45, 2.75) is 18.9 Å². The molecule has 0 bridgehead atoms. The van der Waals surface area contributed by atoms with Crippen molar-refractivity contribution in [3.63, 3.8) is 0 Å². The summed E-state index contributed by atoms with van der Waals surface area (Å²) in [6, 6.07) is 18.8. The first-order chi connectivity index (χ1) is 13.8. The molecule has 5 heteroatoms. The molecular formula is C23H18FN3O. The number of halogens is 1. The fourth-order valence-corrected chi connectivity index (χ4v) is 3.84. The number of hydrogen-bond donors (Lipinski definition) is 1. The van der Waals surface area contributed by atoms with Crippen molar-refractivity contribution < 1.29 is 8.81 Å². The maximum absolute atomic E-state index is 14.5. The molecule has 28 heavy (non-hydrogen) atoms. The van der Waals surface area contributed by atoms with Crippen molar-refractivity contribution in [1.82, 2.24) is 9.97 Å². The zero-order chi connectivity index (χ0) is 18.9. The van der Waals surface area contributed by atoms with Gasteiger partial charge in [0, 0.05) is 17.7 Å². The summed E-state index contributed by atoms with van der Waals surface area (Å²) < 4.78 is 19.8. The van der Waals surface area contributed by atoms with Gasteiger partial charge in [-0.25, -0.2) is 14.4 Å². The van der Waals surface area contributed by atoms with Crippen LogP contribution >= 0.6 is 0 Å². The molecule has 2 aromatic carbocycles. The lowest BCUT2D eigenvalue weighted by atomic mass is 9.78. The molecule has 2 aromatic heterocycles. The van der Waals surface area contributed by atoms with Crippen LogP contribution in [-0.2, 0) is 13.0 Å². The van der Waals surface area contributed by atoms with Crippen LogP contribution in [0.1, 0.15) is 28.4 Å². The van der Waals surface area contributed by atoms with Crippen molar-refractivity contribution in [1.29, 1.82) is 0 Å². The summed E-state index contributed by atoms with van der Waals surface area (Å²) in [7, 11) is 0. The van der Waals surface area contributed by atoms with E-state index in [-0.39, 0.29) is 11.7 Å². The van der Waals surface area contributed by atoms with Crippen molar-refractivity contribution in [2.75, 3.05) is 5.32 Å². The van der Waals surface area contributed by atoms with Crippen molar-refractivity contribution in [3.05, 3.63) is 101 Å². The number of anilines is 1. The van der Waals surface area contributed by atoms with E-state index in [0.29, 0.717) is 24.5 Å². The Bertz CT molecular complexity index is 1120. The summed E-state index contributed by atoms with van der Waals surface area (Å²) in [5.41, 5.74) is 4.76. The van der Waals surface area contributed by atoms with Gasteiger partial charge in [0.2, 0.25) is 5.95 Å². The highest BCUT2D eigenvalue weighted by molar-refractivity contribution is 5.72. The molecule has 1 unspecified atom stereocenters. The Morgan fingerprint density at radius 3 is 2.64 bits per heavy atom. The van der Waals surface area contributed by atoms with E-state index >= 15 is 0 Å². The maximum Gasteiger partial charge on any atom is 0.223 e. The third kappa shape index (κ3) is 2.95. The van der Waals surface area contributed by atoms with Gasteiger partial charge in [0.25, 0.3) is 0 Å². The molecule has 5 rings (SSSR count). The van der Waals surface area contributed by atoms with Gasteiger partial charge < -0.3 is 9.73 Å². The first-order valence-corrected chi connectivity index (χ1v) is 9.25. The number of nitrogens with one attached hydrogen (secondary N) is 1. The monoisotopic (exact) mass is 371 g/mol. The van der Waals surface area contributed by atoms with E-state index in [1.807, 2.05) is 48.7 Å². The van der Waals surface area contributed by atoms with E-state index < -0.39 is 0 Å². The Morgan fingerprint density at radius 1 is 1.00 bits per heavy atom. The predicted molar refractivity (Wildman–Crippen MR) is 105 cm³/mol. The number of nitrogens with zero attached hydrogens (tertiary/aromatic N) is 2. The summed E-state index contributed by atoms with van der Waals surface area (Å²) in [5, 5.41) is 3.20. The highest BCUT2D eigenvalue weighted by atomic mass is 19.1. The van der Waals surface area contributed by atoms with Gasteiger partial charge in [0.05, 0.1) is 18.5 Å². The summed E-state index contributed by atoms with van der Waals surface area (Å²) in [4.78, 5) is 9.20. The zero-order valence-electron chi connectivity index (χ0n) is 15.1. The second-order valence-corrected chi connectivity index (χ2v) is 6.87. The Labute approximate surface area is 162 Å². The van der Waals surface area contributed by atoms with Crippen LogP contribution in [-0.4, -0.2) is 9.97 Å². The van der Waals surface area contributed by atoms with E-state index in [2.05, 4.69) is 16.4 Å². The van der Waals surface area contributed by atoms with Crippen molar-refractivity contribution >= 4 is 5.95 Å². The van der Waals surface area contributed by atoms with Crippen LogP contribution in [0, 0.1) is 5.82 Å². The van der Waals surface area contributed by atoms with Crippen LogP contribution in [0.5, 0.6) is 0 Å². The van der Waals surface area contributed by atoms with Crippen LogP contribution in [0.4, 0.5) is 10.3 Å². The standard InChI is InChI=1S/C23H18FN3O/c24-21-10-4-3-8-18(21)20-12-15-13-25-23(26-14-16-6-5-11-28-16)27-22(15)19-9-2-1-7-17(19)20/h1-11,13,20H,12,14H2,(H,25,26,27). The van der Waals surface area contributed by atoms with Crippen molar-refractivity contribution in [3.8, 4) is 11.3 Å². The second kappa shape index (κ2) is 6.93. The SMILES string of the molecule is Fc1ccccc1C1Cc2cnc(NCc3ccco3)nc2-c2ccccc21. The Morgan fingerprint density at radius 2 is 1.82 bits per heavy atom. The lowest BCUT2D eigenvalue weighted by Gasteiger charge is -2.27. The Kier molecular flexibility index (Phi) is 4.13. The van der Waals surface area contributed by atoms with Gasteiger partial charge in [0.1, 0.15) is 11.6 Å². The Balaban J connectivity index is 1.53. The lowest BCUT2D eigenvalue weighted by molar-refractivity contribution is 0.517. The van der Waals surface area contributed by atoms with E-state index in [1.165, 1.54) is 6.07 Å². The normalized spacial score (nSPS) is 15.0. The molecule has 0 amide bonds. The van der Waals surface area contributed by atoms with E-state index in [0.717, 1.165) is 28.1 Å². The minimum atomic E-state index is -0.177. The third-order valence-corrected chi connectivity index (χ3v) is 5.16. The molecule has 4 nitrogen and oxygen atoms in total. The van der Waals surface area contributed by atoms with Crippen LogP contribution in [0.15, 0.2) is 77.5 Å². The van der Waals surface area contributed by atoms with Gasteiger partial charge in [0.15, 0.2) is 0 Å². The number of aromatic nitrogens is 2. The average molecular weight is 371 g/mol. The minimum Gasteiger partial charge on any atom is -0.467 e. The molecule has 1 aliphatic carbocycles. The highest BCUT2D eigenvalue weighted by Gasteiger charge is 2.28. The molecule has 1 N–H and O–H groups in total. The Hall–Kier alpha value is -3.47. The van der Waals surface area contributed by atoms with Gasteiger partial charge in [-0.05, 0) is 41.3 Å². The van der Waals surface area contributed by atoms with Gasteiger partial charge in [-0.2, -0.15) is 0 Å². The van der Waals surface area contributed by atoms with E-state index in [4.69, 9.17) is 9.40 Å². The predicted octanol–water partition coefficient (Wildman–Crippen LogP) is 5.18. The smallest absolute Gasteiger partial charge is 0.223 e. The molecule has 0 saturated heterocycles. The van der Waals surface area contributed by atoms with E-state index in [1.54, 1.807) is 12.3 Å². The molecule has 1 atom stereocenters. The minimum absolute atomic E-state index is 0.0459. The molecule has 138 valence electrons. The molecule has 0 radical (unpaired) electrons. The largest absolute Gasteiger partial charge is 0.467 e. The van der Waals surface area contributed by atoms with Gasteiger partial charge in [-0.3, -0.25) is 0 Å². The second-order valence-electron chi connectivity index (χ2n) is 6.87. The number of hydrogen-bond acceptors (Lipinski definition) is 4. The highest BCUT2D eigenvalue weighted by Crippen LogP contribution is 2.42. The van der Waals surface area contributed by atoms with Crippen LogP contribution in [0.25, 0.3) is 11.3 Å². The zero-order valence-corrected chi connectivity index (χ0v) is 15.1. The van der Waals surface area contributed by atoms with Gasteiger partial charge in [-0.15, -0.1) is 0 Å². The fourth-order valence-electron chi connectivity index (χ4n) is 3.84. The summed E-state index contributed by atoms with van der Waals surface area (Å²) in [6.07, 6.45) is 4.16. The summed E-state index contributed by atoms with van der Waals surface area (Å²) in [6.45, 7) is 0.519. The topological polar surface area (TPSA) is 51.0 Å². The average Bonchev–Trinajstić information content (AvgIpc) is 3.26. The van der Waals surface area contributed by atoms with Crippen LogP contribution in [0.3, 0.4) is 0 Å². The van der Waals surface area contributed by atoms with Crippen molar-refractivity contribution in [2.24, 2.45) is 0 Å². The molecule has 0 aliphatic heterocycles. The molecule has 0 fully saturated rings. The summed E-state index contributed by atoms with van der Waals surface area (Å²) >= 11 is 0. The first-order valence-electron chi connectivity index (χ1n) is 9.25. The molecule has 0 spiro atoms. The molecule has 0 saturated carbocycles. The number of rotatable bonds is 4. The molecular weight excluding hydrogens is 353 g/mol. The first kappa shape index (κ1) is 16.7. The number of benzene rings is 2. The van der Waals surface area contributed by atoms with E-state index in [9.17, 15) is 4.39 Å². The molecule has 1 aliphatic rings. The summed E-state index contributed by atoms with van der Waals surface area (Å²) in [5.74, 6) is 1.15. The quantitative estimate of drug-likeness (QED) is 0.537. The van der Waals surface area contributed by atoms with Crippen LogP contribution in [0.2, 0.25) is 0 Å². The van der Waals surface area contributed by atoms with Crippen LogP contribution < -0.4 is 5.32 Å². The van der Waals surface area contributed by atoms with Gasteiger partial charge in [-0.1, -0.05) is 42.5 Å². The molecule has 4 aromatic rings. The fraction of sp³-hybridized carbons (Fsp3) is 0.130. The third-order valence-electron chi connectivity index (χ3n) is 5.16. The number of furan rings is 1.